The van der Waals surface area contributed by atoms with Crippen LogP contribution in [0.1, 0.15) is 0 Å². The average Bonchev–Trinajstić information content (AvgIpc) is 2.28. The Hall–Kier alpha value is -0.990. The second-order valence-electron chi connectivity index (χ2n) is 3.34. The fourth-order valence-corrected chi connectivity index (χ4v) is 1.28. The Morgan fingerprint density at radius 2 is 1.88 bits per heavy atom. The fraction of sp³-hybridized carbons (Fsp3) is 0.667. The molecule has 7 nitrogen and oxygen atoms in total. The van der Waals surface area contributed by atoms with Gasteiger partial charge in [-0.2, -0.15) is 0 Å². The third-order valence-corrected chi connectivity index (χ3v) is 2.16. The van der Waals surface area contributed by atoms with Crippen LogP contribution in [-0.2, 0) is 14.3 Å². The van der Waals surface area contributed by atoms with Crippen molar-refractivity contribution in [2.24, 2.45) is 0 Å². The first-order valence-corrected chi connectivity index (χ1v) is 4.64. The topological polar surface area (TPSA) is 116 Å². The minimum absolute atomic E-state index is 0.0832. The van der Waals surface area contributed by atoms with Crippen molar-refractivity contribution in [2.75, 3.05) is 6.61 Å². The van der Waals surface area contributed by atoms with Crippen LogP contribution in [0.25, 0.3) is 0 Å². The summed E-state index contributed by atoms with van der Waals surface area (Å²) in [6.07, 6.45) is -6.97. The van der Waals surface area contributed by atoms with E-state index < -0.39 is 36.7 Å². The number of aliphatic hydroxyl groups is 4. The summed E-state index contributed by atoms with van der Waals surface area (Å²) in [5, 5.41) is 37.0. The molecule has 92 valence electrons. The van der Waals surface area contributed by atoms with Crippen LogP contribution in [0.2, 0.25) is 0 Å². The number of ether oxygens (including phenoxy) is 2. The molecule has 0 spiro atoms. The molecule has 0 aliphatic carbocycles. The molecular formula is C9H14O7. The minimum atomic E-state index is -1.75. The van der Waals surface area contributed by atoms with Crippen molar-refractivity contribution in [3.8, 4) is 0 Å². The standard InChI is InChI=1S/C9H14O7/c1-2-3-15-9(14)7-5(11)4(10)6(12)8(13)16-7/h2,4-8,10-13H,1,3H2/t4-,5-,6?,7?,8+/m0/s1. The van der Waals surface area contributed by atoms with Gasteiger partial charge in [0.05, 0.1) is 0 Å². The average molecular weight is 234 g/mol. The highest BCUT2D eigenvalue weighted by atomic mass is 16.7. The second-order valence-corrected chi connectivity index (χ2v) is 3.34. The van der Waals surface area contributed by atoms with Crippen molar-refractivity contribution >= 4 is 5.97 Å². The highest BCUT2D eigenvalue weighted by Crippen LogP contribution is 2.20. The molecule has 1 aliphatic heterocycles. The predicted molar refractivity (Wildman–Crippen MR) is 50.1 cm³/mol. The van der Waals surface area contributed by atoms with Crippen molar-refractivity contribution in [3.63, 3.8) is 0 Å². The van der Waals surface area contributed by atoms with E-state index >= 15 is 0 Å². The Morgan fingerprint density at radius 3 is 2.44 bits per heavy atom. The van der Waals surface area contributed by atoms with E-state index in [0.29, 0.717) is 0 Å². The molecule has 2 unspecified atom stereocenters. The molecule has 5 atom stereocenters. The summed E-state index contributed by atoms with van der Waals surface area (Å²) in [7, 11) is 0. The zero-order chi connectivity index (χ0) is 12.3. The number of rotatable bonds is 3. The minimum Gasteiger partial charge on any atom is -0.459 e. The van der Waals surface area contributed by atoms with Crippen LogP contribution in [0, 0.1) is 0 Å². The molecule has 4 N–H and O–H groups in total. The lowest BCUT2D eigenvalue weighted by Crippen LogP contribution is -2.59. The Kier molecular flexibility index (Phi) is 4.39. The Bertz CT molecular complexity index is 267. The Balaban J connectivity index is 2.66. The van der Waals surface area contributed by atoms with Gasteiger partial charge in [-0.3, -0.25) is 0 Å². The molecule has 1 aliphatic rings. The molecular weight excluding hydrogens is 220 g/mol. The SMILES string of the molecule is C=CCOC(=O)C1O[C@@H](O)C(O)[C@@H](O)[C@@H]1O. The summed E-state index contributed by atoms with van der Waals surface area (Å²) in [4.78, 5) is 11.3. The van der Waals surface area contributed by atoms with Gasteiger partial charge in [-0.25, -0.2) is 4.79 Å². The Labute approximate surface area is 91.5 Å². The van der Waals surface area contributed by atoms with E-state index in [1.165, 1.54) is 6.08 Å². The summed E-state index contributed by atoms with van der Waals surface area (Å²) in [5.41, 5.74) is 0. The molecule has 0 saturated carbocycles. The monoisotopic (exact) mass is 234 g/mol. The van der Waals surface area contributed by atoms with E-state index in [-0.39, 0.29) is 6.61 Å². The fourth-order valence-electron chi connectivity index (χ4n) is 1.28. The largest absolute Gasteiger partial charge is 0.459 e. The first-order valence-electron chi connectivity index (χ1n) is 4.64. The van der Waals surface area contributed by atoms with E-state index in [0.717, 1.165) is 0 Å². The smallest absolute Gasteiger partial charge is 0.338 e. The number of hydrogen-bond donors (Lipinski definition) is 4. The lowest BCUT2D eigenvalue weighted by Gasteiger charge is -2.36. The van der Waals surface area contributed by atoms with E-state index in [1.54, 1.807) is 0 Å². The van der Waals surface area contributed by atoms with Gasteiger partial charge in [0, 0.05) is 0 Å². The van der Waals surface area contributed by atoms with Gasteiger partial charge in [0.25, 0.3) is 0 Å². The zero-order valence-corrected chi connectivity index (χ0v) is 8.39. The molecule has 0 aromatic carbocycles. The van der Waals surface area contributed by atoms with Crippen LogP contribution >= 0.6 is 0 Å². The highest BCUT2D eigenvalue weighted by Gasteiger charge is 2.46. The molecule has 0 aromatic rings. The maximum Gasteiger partial charge on any atom is 0.338 e. The Morgan fingerprint density at radius 1 is 1.25 bits per heavy atom. The van der Waals surface area contributed by atoms with Crippen molar-refractivity contribution < 1.29 is 34.7 Å². The summed E-state index contributed by atoms with van der Waals surface area (Å²) in [6, 6.07) is 0. The summed E-state index contributed by atoms with van der Waals surface area (Å²) < 4.78 is 9.21. The van der Waals surface area contributed by atoms with Gasteiger partial charge in [-0.1, -0.05) is 12.7 Å². The molecule has 1 heterocycles. The highest BCUT2D eigenvalue weighted by molar-refractivity contribution is 5.75. The van der Waals surface area contributed by atoms with Crippen LogP contribution in [0.5, 0.6) is 0 Å². The van der Waals surface area contributed by atoms with Crippen LogP contribution < -0.4 is 0 Å². The molecule has 1 fully saturated rings. The lowest BCUT2D eigenvalue weighted by molar-refractivity contribution is -0.280. The van der Waals surface area contributed by atoms with Gasteiger partial charge < -0.3 is 29.9 Å². The summed E-state index contributed by atoms with van der Waals surface area (Å²) >= 11 is 0. The molecule has 16 heavy (non-hydrogen) atoms. The molecule has 0 bridgehead atoms. The maximum absolute atomic E-state index is 11.3. The zero-order valence-electron chi connectivity index (χ0n) is 8.39. The van der Waals surface area contributed by atoms with Crippen LogP contribution in [0.3, 0.4) is 0 Å². The van der Waals surface area contributed by atoms with E-state index in [4.69, 9.17) is 10.2 Å². The number of hydrogen-bond acceptors (Lipinski definition) is 7. The molecule has 0 aromatic heterocycles. The quantitative estimate of drug-likeness (QED) is 0.315. The molecule has 0 radical (unpaired) electrons. The van der Waals surface area contributed by atoms with Crippen LogP contribution in [0.4, 0.5) is 0 Å². The van der Waals surface area contributed by atoms with Gasteiger partial charge in [-0.05, 0) is 0 Å². The van der Waals surface area contributed by atoms with Gasteiger partial charge in [0.15, 0.2) is 12.4 Å². The molecule has 7 heteroatoms. The number of carbonyl (C=O) groups is 1. The first-order chi connectivity index (χ1) is 7.49. The van der Waals surface area contributed by atoms with Crippen molar-refractivity contribution in [2.45, 2.75) is 30.7 Å². The molecule has 1 rings (SSSR count). The van der Waals surface area contributed by atoms with Crippen molar-refractivity contribution in [1.29, 1.82) is 0 Å². The van der Waals surface area contributed by atoms with E-state index in [2.05, 4.69) is 16.1 Å². The molecule has 0 amide bonds. The van der Waals surface area contributed by atoms with Gasteiger partial charge in [0.1, 0.15) is 24.9 Å². The van der Waals surface area contributed by atoms with Crippen LogP contribution in [0.15, 0.2) is 12.7 Å². The summed E-state index contributed by atoms with van der Waals surface area (Å²) in [5.74, 6) is -0.947. The van der Waals surface area contributed by atoms with Gasteiger partial charge >= 0.3 is 5.97 Å². The van der Waals surface area contributed by atoms with E-state index in [9.17, 15) is 15.0 Å². The predicted octanol–water partition coefficient (Wildman–Crippen LogP) is -2.48. The third kappa shape index (κ3) is 2.57. The maximum atomic E-state index is 11.3. The molecule has 1 saturated heterocycles. The van der Waals surface area contributed by atoms with Crippen molar-refractivity contribution in [3.05, 3.63) is 12.7 Å². The number of aliphatic hydroxyl groups excluding tert-OH is 4. The van der Waals surface area contributed by atoms with Gasteiger partial charge in [-0.15, -0.1) is 0 Å². The number of carbonyl (C=O) groups excluding carboxylic acids is 1. The van der Waals surface area contributed by atoms with Crippen molar-refractivity contribution in [1.82, 2.24) is 0 Å². The normalized spacial score (nSPS) is 39.1. The van der Waals surface area contributed by atoms with Gasteiger partial charge in [0.2, 0.25) is 0 Å². The first kappa shape index (κ1) is 13.1. The number of esters is 1. The summed E-state index contributed by atoms with van der Waals surface area (Å²) in [6.45, 7) is 3.24. The van der Waals surface area contributed by atoms with E-state index in [1.807, 2.05) is 0 Å². The third-order valence-electron chi connectivity index (χ3n) is 2.16. The van der Waals surface area contributed by atoms with Crippen LogP contribution in [-0.4, -0.2) is 63.7 Å². The second kappa shape index (κ2) is 5.37. The lowest BCUT2D eigenvalue weighted by atomic mass is 9.99.